The van der Waals surface area contributed by atoms with Gasteiger partial charge in [0.2, 0.25) is 0 Å². The van der Waals surface area contributed by atoms with E-state index in [9.17, 15) is 5.11 Å². The number of ether oxygens (including phenoxy) is 1. The summed E-state index contributed by atoms with van der Waals surface area (Å²) < 4.78 is 7.79. The zero-order chi connectivity index (χ0) is 14.1. The summed E-state index contributed by atoms with van der Waals surface area (Å²) in [6, 6.07) is 5.83. The summed E-state index contributed by atoms with van der Waals surface area (Å²) in [5, 5.41) is 11.8. The van der Waals surface area contributed by atoms with Crippen LogP contribution in [0.2, 0.25) is 0 Å². The standard InChI is InChI=1S/C15H16N2O2S/c1-10-3-4-14(13(7-10)11(2)18)19-9-12-8-17-5-6-20-15(17)16-12/h3-8,11,18H,9H2,1-2H3/t11-/m0/s1. The van der Waals surface area contributed by atoms with Gasteiger partial charge in [-0.05, 0) is 26.0 Å². The molecule has 0 radical (unpaired) electrons. The third kappa shape index (κ3) is 2.55. The van der Waals surface area contributed by atoms with Crippen molar-refractivity contribution in [1.29, 1.82) is 0 Å². The van der Waals surface area contributed by atoms with Gasteiger partial charge < -0.3 is 9.84 Å². The summed E-state index contributed by atoms with van der Waals surface area (Å²) in [6.45, 7) is 4.14. The fourth-order valence-electron chi connectivity index (χ4n) is 2.12. The maximum absolute atomic E-state index is 9.81. The molecule has 0 aliphatic heterocycles. The summed E-state index contributed by atoms with van der Waals surface area (Å²) in [4.78, 5) is 5.44. The first-order valence-electron chi connectivity index (χ1n) is 6.46. The number of aromatic nitrogens is 2. The van der Waals surface area contributed by atoms with E-state index in [2.05, 4.69) is 4.98 Å². The lowest BCUT2D eigenvalue weighted by Crippen LogP contribution is -2.01. The van der Waals surface area contributed by atoms with E-state index in [1.807, 2.05) is 47.3 Å². The highest BCUT2D eigenvalue weighted by Crippen LogP contribution is 2.27. The van der Waals surface area contributed by atoms with Crippen LogP contribution in [0, 0.1) is 6.92 Å². The van der Waals surface area contributed by atoms with Crippen LogP contribution in [-0.2, 0) is 6.61 Å². The predicted molar refractivity (Wildman–Crippen MR) is 79.2 cm³/mol. The van der Waals surface area contributed by atoms with E-state index >= 15 is 0 Å². The fraction of sp³-hybridized carbons (Fsp3) is 0.267. The van der Waals surface area contributed by atoms with Gasteiger partial charge >= 0.3 is 0 Å². The third-order valence-electron chi connectivity index (χ3n) is 3.13. The minimum absolute atomic E-state index is 0.400. The van der Waals surface area contributed by atoms with Crippen molar-refractivity contribution in [2.75, 3.05) is 0 Å². The van der Waals surface area contributed by atoms with Gasteiger partial charge in [0.15, 0.2) is 4.96 Å². The van der Waals surface area contributed by atoms with Crippen LogP contribution < -0.4 is 4.74 Å². The topological polar surface area (TPSA) is 46.8 Å². The number of benzene rings is 1. The van der Waals surface area contributed by atoms with Gasteiger partial charge in [0.25, 0.3) is 0 Å². The third-order valence-corrected chi connectivity index (χ3v) is 3.90. The monoisotopic (exact) mass is 288 g/mol. The van der Waals surface area contributed by atoms with Crippen LogP contribution >= 0.6 is 11.3 Å². The number of aliphatic hydroxyl groups is 1. The summed E-state index contributed by atoms with van der Waals surface area (Å²) >= 11 is 1.60. The average Bonchev–Trinajstić information content (AvgIpc) is 2.97. The number of aliphatic hydroxyl groups excluding tert-OH is 1. The molecule has 2 heterocycles. The molecule has 0 amide bonds. The second kappa shape index (κ2) is 5.26. The van der Waals surface area contributed by atoms with Crippen molar-refractivity contribution in [1.82, 2.24) is 9.38 Å². The van der Waals surface area contributed by atoms with E-state index in [-0.39, 0.29) is 0 Å². The molecule has 0 fully saturated rings. The first-order valence-corrected chi connectivity index (χ1v) is 7.34. The van der Waals surface area contributed by atoms with Crippen molar-refractivity contribution in [2.24, 2.45) is 0 Å². The molecule has 1 atom stereocenters. The van der Waals surface area contributed by atoms with Crippen molar-refractivity contribution in [3.05, 3.63) is 52.8 Å². The van der Waals surface area contributed by atoms with Crippen LogP contribution in [0.1, 0.15) is 29.8 Å². The highest BCUT2D eigenvalue weighted by atomic mass is 32.1. The second-order valence-electron chi connectivity index (χ2n) is 4.83. The van der Waals surface area contributed by atoms with Crippen LogP contribution in [0.5, 0.6) is 5.75 Å². The number of aryl methyl sites for hydroxylation is 1. The first kappa shape index (κ1) is 13.1. The lowest BCUT2D eigenvalue weighted by molar-refractivity contribution is 0.189. The van der Waals surface area contributed by atoms with Gasteiger partial charge in [0.05, 0.1) is 11.8 Å². The average molecular weight is 288 g/mol. The van der Waals surface area contributed by atoms with Gasteiger partial charge in [-0.2, -0.15) is 0 Å². The Morgan fingerprint density at radius 1 is 1.45 bits per heavy atom. The maximum atomic E-state index is 9.81. The first-order chi connectivity index (χ1) is 9.63. The number of nitrogens with zero attached hydrogens (tertiary/aromatic N) is 2. The SMILES string of the molecule is Cc1ccc(OCc2cn3ccsc3n2)c([C@H](C)O)c1. The molecule has 1 N–H and O–H groups in total. The number of thiazole rings is 1. The molecule has 104 valence electrons. The maximum Gasteiger partial charge on any atom is 0.193 e. The van der Waals surface area contributed by atoms with E-state index in [4.69, 9.17) is 4.74 Å². The minimum atomic E-state index is -0.546. The molecule has 0 unspecified atom stereocenters. The van der Waals surface area contributed by atoms with Crippen molar-refractivity contribution < 1.29 is 9.84 Å². The molecule has 0 saturated carbocycles. The smallest absolute Gasteiger partial charge is 0.193 e. The number of hydrogen-bond acceptors (Lipinski definition) is 4. The fourth-order valence-corrected chi connectivity index (χ4v) is 2.84. The minimum Gasteiger partial charge on any atom is -0.487 e. The molecule has 0 spiro atoms. The second-order valence-corrected chi connectivity index (χ2v) is 5.70. The van der Waals surface area contributed by atoms with Crippen molar-refractivity contribution in [2.45, 2.75) is 26.6 Å². The van der Waals surface area contributed by atoms with Gasteiger partial charge in [-0.25, -0.2) is 4.98 Å². The summed E-state index contributed by atoms with van der Waals surface area (Å²) in [5.41, 5.74) is 2.80. The quantitative estimate of drug-likeness (QED) is 0.801. The Labute approximate surface area is 121 Å². The molecule has 2 aromatic heterocycles. The molecule has 0 aliphatic carbocycles. The molecule has 3 rings (SSSR count). The van der Waals surface area contributed by atoms with Gasteiger partial charge in [0.1, 0.15) is 12.4 Å². The number of fused-ring (bicyclic) bond motifs is 1. The van der Waals surface area contributed by atoms with Gasteiger partial charge in [-0.15, -0.1) is 11.3 Å². The lowest BCUT2D eigenvalue weighted by atomic mass is 10.1. The largest absolute Gasteiger partial charge is 0.487 e. The molecule has 3 aromatic rings. The Morgan fingerprint density at radius 2 is 2.30 bits per heavy atom. The molecule has 20 heavy (non-hydrogen) atoms. The lowest BCUT2D eigenvalue weighted by Gasteiger charge is -2.13. The van der Waals surface area contributed by atoms with Crippen molar-refractivity contribution in [3.8, 4) is 5.75 Å². The molecule has 0 aliphatic rings. The van der Waals surface area contributed by atoms with Crippen LogP contribution in [0.3, 0.4) is 0 Å². The number of rotatable bonds is 4. The van der Waals surface area contributed by atoms with E-state index in [0.717, 1.165) is 21.8 Å². The Kier molecular flexibility index (Phi) is 3.46. The van der Waals surface area contributed by atoms with E-state index in [1.165, 1.54) is 0 Å². The molecule has 4 nitrogen and oxygen atoms in total. The van der Waals surface area contributed by atoms with Crippen molar-refractivity contribution >= 4 is 16.3 Å². The van der Waals surface area contributed by atoms with E-state index < -0.39 is 6.10 Å². The van der Waals surface area contributed by atoms with Crippen LogP contribution in [0.25, 0.3) is 4.96 Å². The van der Waals surface area contributed by atoms with Gasteiger partial charge in [-0.1, -0.05) is 11.6 Å². The molecular formula is C15H16N2O2S. The summed E-state index contributed by atoms with van der Waals surface area (Å²) in [5.74, 6) is 0.710. The molecule has 0 saturated heterocycles. The Morgan fingerprint density at radius 3 is 3.05 bits per heavy atom. The highest BCUT2D eigenvalue weighted by Gasteiger charge is 2.10. The Balaban J connectivity index is 1.79. The van der Waals surface area contributed by atoms with Crippen molar-refractivity contribution in [3.63, 3.8) is 0 Å². The Hall–Kier alpha value is -1.85. The van der Waals surface area contributed by atoms with Crippen LogP contribution in [-0.4, -0.2) is 14.5 Å². The normalized spacial score (nSPS) is 12.8. The highest BCUT2D eigenvalue weighted by molar-refractivity contribution is 7.15. The van der Waals surface area contributed by atoms with Crippen LogP contribution in [0.4, 0.5) is 0 Å². The zero-order valence-electron chi connectivity index (χ0n) is 11.4. The zero-order valence-corrected chi connectivity index (χ0v) is 12.2. The van der Waals surface area contributed by atoms with Crippen LogP contribution in [0.15, 0.2) is 36.0 Å². The molecule has 0 bridgehead atoms. The van der Waals surface area contributed by atoms with E-state index in [1.54, 1.807) is 18.3 Å². The summed E-state index contributed by atoms with van der Waals surface area (Å²) in [6.07, 6.45) is 3.39. The van der Waals surface area contributed by atoms with Gasteiger partial charge in [-0.3, -0.25) is 4.40 Å². The molecule has 1 aromatic carbocycles. The van der Waals surface area contributed by atoms with Gasteiger partial charge in [0, 0.05) is 23.3 Å². The number of imidazole rings is 1. The van der Waals surface area contributed by atoms with E-state index in [0.29, 0.717) is 12.4 Å². The number of hydrogen-bond donors (Lipinski definition) is 1. The molecule has 5 heteroatoms. The summed E-state index contributed by atoms with van der Waals surface area (Å²) in [7, 11) is 0. The Bertz CT molecular complexity index is 702. The predicted octanol–water partition coefficient (Wildman–Crippen LogP) is 3.34. The molecular weight excluding hydrogens is 272 g/mol.